The van der Waals surface area contributed by atoms with E-state index in [1.165, 1.54) is 14.2 Å². The molecule has 1 aromatic heterocycles. The minimum Gasteiger partial charge on any atom is -0.496 e. The van der Waals surface area contributed by atoms with Gasteiger partial charge < -0.3 is 24.2 Å². The molecule has 3 rings (SSSR count). The fourth-order valence-corrected chi connectivity index (χ4v) is 2.64. The molecule has 9 heteroatoms. The Labute approximate surface area is 148 Å². The summed E-state index contributed by atoms with van der Waals surface area (Å²) in [7, 11) is 3.04. The summed E-state index contributed by atoms with van der Waals surface area (Å²) in [4.78, 5) is 17.5. The van der Waals surface area contributed by atoms with Gasteiger partial charge in [-0.3, -0.25) is 4.79 Å². The molecular formula is C16H16ClN3O5. The van der Waals surface area contributed by atoms with Crippen LogP contribution in [0.15, 0.2) is 27.9 Å². The number of aryl methyl sites for hydroxylation is 1. The number of carbonyl (C=O) groups excluding carboxylic acids is 1. The number of nitrogens with one attached hydrogen (secondary N) is 1. The molecular weight excluding hydrogens is 350 g/mol. The SMILES string of the molecule is COc1cc(OC)c(C2=NO[C@H](C(=O)Nc3cc(C)on3)C2)cc1Cl. The zero-order valence-corrected chi connectivity index (χ0v) is 14.6. The lowest BCUT2D eigenvalue weighted by Crippen LogP contribution is -2.28. The van der Waals surface area contributed by atoms with Crippen molar-refractivity contribution < 1.29 is 23.6 Å². The number of oxime groups is 1. The minimum atomic E-state index is -0.780. The van der Waals surface area contributed by atoms with Crippen LogP contribution in [0.25, 0.3) is 0 Å². The molecule has 0 radical (unpaired) electrons. The van der Waals surface area contributed by atoms with Crippen LogP contribution in [-0.2, 0) is 9.63 Å². The highest BCUT2D eigenvalue weighted by Crippen LogP contribution is 2.34. The van der Waals surface area contributed by atoms with Gasteiger partial charge in [0.05, 0.1) is 25.0 Å². The van der Waals surface area contributed by atoms with Gasteiger partial charge in [-0.2, -0.15) is 0 Å². The molecule has 0 bridgehead atoms. The highest BCUT2D eigenvalue weighted by Gasteiger charge is 2.31. The smallest absolute Gasteiger partial charge is 0.269 e. The quantitative estimate of drug-likeness (QED) is 0.875. The Morgan fingerprint density at radius 2 is 2.04 bits per heavy atom. The molecule has 1 aromatic carbocycles. The van der Waals surface area contributed by atoms with E-state index in [2.05, 4.69) is 15.6 Å². The van der Waals surface area contributed by atoms with E-state index in [1.807, 2.05) is 0 Å². The predicted molar refractivity (Wildman–Crippen MR) is 90.5 cm³/mol. The number of methoxy groups -OCH3 is 2. The molecule has 1 aliphatic rings. The number of rotatable bonds is 5. The number of benzene rings is 1. The number of anilines is 1. The summed E-state index contributed by atoms with van der Waals surface area (Å²) in [6, 6.07) is 4.94. The molecule has 25 heavy (non-hydrogen) atoms. The van der Waals surface area contributed by atoms with E-state index in [0.717, 1.165) is 0 Å². The van der Waals surface area contributed by atoms with Gasteiger partial charge in [0.15, 0.2) is 5.82 Å². The second-order valence-corrected chi connectivity index (χ2v) is 5.74. The fraction of sp³-hybridized carbons (Fsp3) is 0.312. The lowest BCUT2D eigenvalue weighted by Gasteiger charge is -2.11. The molecule has 0 saturated heterocycles. The highest BCUT2D eigenvalue weighted by molar-refractivity contribution is 6.32. The summed E-state index contributed by atoms with van der Waals surface area (Å²) in [5.41, 5.74) is 1.19. The first-order valence-electron chi connectivity index (χ1n) is 7.40. The Hall–Kier alpha value is -2.74. The number of hydrogen-bond donors (Lipinski definition) is 1. The summed E-state index contributed by atoms with van der Waals surface area (Å²) in [5.74, 6) is 1.56. The zero-order chi connectivity index (χ0) is 18.0. The van der Waals surface area contributed by atoms with Crippen LogP contribution < -0.4 is 14.8 Å². The van der Waals surface area contributed by atoms with Crippen LogP contribution >= 0.6 is 11.6 Å². The van der Waals surface area contributed by atoms with Gasteiger partial charge >= 0.3 is 0 Å². The largest absolute Gasteiger partial charge is 0.496 e. The molecule has 0 spiro atoms. The first-order valence-corrected chi connectivity index (χ1v) is 7.78. The molecule has 8 nitrogen and oxygen atoms in total. The monoisotopic (exact) mass is 365 g/mol. The Kier molecular flexibility index (Phi) is 4.80. The van der Waals surface area contributed by atoms with E-state index in [4.69, 9.17) is 30.4 Å². The maximum atomic E-state index is 12.3. The number of carbonyl (C=O) groups is 1. The minimum absolute atomic E-state index is 0.266. The van der Waals surface area contributed by atoms with E-state index in [1.54, 1.807) is 25.1 Å². The average molecular weight is 366 g/mol. The van der Waals surface area contributed by atoms with Crippen molar-refractivity contribution in [2.45, 2.75) is 19.4 Å². The molecule has 2 aromatic rings. The third kappa shape index (κ3) is 3.53. The topological polar surface area (TPSA) is 95.2 Å². The van der Waals surface area contributed by atoms with Crippen molar-refractivity contribution in [3.63, 3.8) is 0 Å². The van der Waals surface area contributed by atoms with Crippen molar-refractivity contribution in [1.82, 2.24) is 5.16 Å². The Morgan fingerprint density at radius 1 is 1.28 bits per heavy atom. The standard InChI is InChI=1S/C16H16ClN3O5/c1-8-4-15(20-24-8)18-16(21)14-6-11(19-25-14)9-5-10(17)13(23-3)7-12(9)22-2/h4-5,7,14H,6H2,1-3H3,(H,18,20,21)/t14-/m0/s1. The van der Waals surface area contributed by atoms with Crippen LogP contribution in [0.5, 0.6) is 11.5 Å². The summed E-state index contributed by atoms with van der Waals surface area (Å²) < 4.78 is 15.4. The van der Waals surface area contributed by atoms with Gasteiger partial charge in [0, 0.05) is 24.1 Å². The maximum Gasteiger partial charge on any atom is 0.269 e. The lowest BCUT2D eigenvalue weighted by molar-refractivity contribution is -0.125. The predicted octanol–water partition coefficient (Wildman–Crippen LogP) is 2.79. The molecule has 2 heterocycles. The normalized spacial score (nSPS) is 16.2. The van der Waals surface area contributed by atoms with Gasteiger partial charge in [-0.1, -0.05) is 21.9 Å². The van der Waals surface area contributed by atoms with Crippen molar-refractivity contribution in [3.05, 3.63) is 34.5 Å². The van der Waals surface area contributed by atoms with E-state index < -0.39 is 6.10 Å². The first-order chi connectivity index (χ1) is 12.0. The molecule has 1 N–H and O–H groups in total. The van der Waals surface area contributed by atoms with Crippen LogP contribution in [0, 0.1) is 6.92 Å². The lowest BCUT2D eigenvalue weighted by atomic mass is 10.0. The van der Waals surface area contributed by atoms with Crippen molar-refractivity contribution >= 4 is 29.0 Å². The number of hydrogen-bond acceptors (Lipinski definition) is 7. The number of aromatic nitrogens is 1. The number of nitrogens with zero attached hydrogens (tertiary/aromatic N) is 2. The maximum absolute atomic E-state index is 12.3. The second-order valence-electron chi connectivity index (χ2n) is 5.34. The third-order valence-corrected chi connectivity index (χ3v) is 3.92. The molecule has 0 unspecified atom stereocenters. The van der Waals surface area contributed by atoms with Crippen molar-refractivity contribution in [3.8, 4) is 11.5 Å². The Bertz CT molecular complexity index is 833. The van der Waals surface area contributed by atoms with Gasteiger partial charge in [0.25, 0.3) is 5.91 Å². The van der Waals surface area contributed by atoms with Gasteiger partial charge in [-0.25, -0.2) is 0 Å². The van der Waals surface area contributed by atoms with Crippen LogP contribution in [0.2, 0.25) is 5.02 Å². The number of amides is 1. The van der Waals surface area contributed by atoms with Crippen LogP contribution in [0.3, 0.4) is 0 Å². The van der Waals surface area contributed by atoms with Crippen molar-refractivity contribution in [1.29, 1.82) is 0 Å². The van der Waals surface area contributed by atoms with Crippen LogP contribution in [-0.4, -0.2) is 37.1 Å². The van der Waals surface area contributed by atoms with Crippen LogP contribution in [0.1, 0.15) is 17.7 Å². The van der Waals surface area contributed by atoms with Gasteiger partial charge in [-0.05, 0) is 13.0 Å². The molecule has 1 atom stereocenters. The summed E-state index contributed by atoms with van der Waals surface area (Å²) in [6.07, 6.45) is -0.514. The second kappa shape index (κ2) is 7.02. The highest BCUT2D eigenvalue weighted by atomic mass is 35.5. The van der Waals surface area contributed by atoms with Gasteiger partial charge in [-0.15, -0.1) is 0 Å². The fourth-order valence-electron chi connectivity index (χ4n) is 2.39. The molecule has 132 valence electrons. The average Bonchev–Trinajstić information content (AvgIpc) is 3.24. The van der Waals surface area contributed by atoms with Gasteiger partial charge in [0.1, 0.15) is 17.3 Å². The summed E-state index contributed by atoms with van der Waals surface area (Å²) >= 11 is 6.17. The molecule has 1 aliphatic heterocycles. The summed E-state index contributed by atoms with van der Waals surface area (Å²) in [6.45, 7) is 1.73. The Balaban J connectivity index is 1.74. The Morgan fingerprint density at radius 3 is 2.68 bits per heavy atom. The van der Waals surface area contributed by atoms with Crippen LogP contribution in [0.4, 0.5) is 5.82 Å². The third-order valence-electron chi connectivity index (χ3n) is 3.63. The van der Waals surface area contributed by atoms with E-state index >= 15 is 0 Å². The molecule has 1 amide bonds. The van der Waals surface area contributed by atoms with E-state index in [0.29, 0.717) is 39.4 Å². The number of halogens is 1. The molecule has 0 aliphatic carbocycles. The number of ether oxygens (including phenoxy) is 2. The van der Waals surface area contributed by atoms with Crippen molar-refractivity contribution in [2.75, 3.05) is 19.5 Å². The van der Waals surface area contributed by atoms with E-state index in [-0.39, 0.29) is 12.3 Å². The molecule has 0 fully saturated rings. The zero-order valence-electron chi connectivity index (χ0n) is 13.8. The first kappa shape index (κ1) is 17.1. The van der Waals surface area contributed by atoms with Gasteiger partial charge in [0.2, 0.25) is 6.10 Å². The van der Waals surface area contributed by atoms with E-state index in [9.17, 15) is 4.79 Å². The summed E-state index contributed by atoms with van der Waals surface area (Å²) in [5, 5.41) is 10.7. The molecule has 0 saturated carbocycles. The van der Waals surface area contributed by atoms with Crippen molar-refractivity contribution in [2.24, 2.45) is 5.16 Å².